The van der Waals surface area contributed by atoms with Crippen molar-refractivity contribution in [2.75, 3.05) is 6.61 Å². The van der Waals surface area contributed by atoms with Gasteiger partial charge in [0.1, 0.15) is 0 Å². The van der Waals surface area contributed by atoms with Gasteiger partial charge in [0.2, 0.25) is 5.75 Å². The van der Waals surface area contributed by atoms with Gasteiger partial charge in [-0.05, 0) is 25.1 Å². The summed E-state index contributed by atoms with van der Waals surface area (Å²) in [4.78, 5) is 0. The molecule has 1 aromatic heterocycles. The third-order valence-corrected chi connectivity index (χ3v) is 2.90. The van der Waals surface area contributed by atoms with Crippen LogP contribution in [0.15, 0.2) is 30.3 Å². The standard InChI is InChI=1S/C13H14NO2/c1-3-15-13-14-9(2)7-8-10-5-4-6-11(16-13)12(10)14/h4-8,13H,3H2,1-2H3/q+1. The molecule has 0 spiro atoms. The van der Waals surface area contributed by atoms with Gasteiger partial charge >= 0.3 is 6.41 Å². The van der Waals surface area contributed by atoms with E-state index in [4.69, 9.17) is 9.47 Å². The molecule has 0 saturated heterocycles. The van der Waals surface area contributed by atoms with Crippen LogP contribution in [0.2, 0.25) is 0 Å². The third kappa shape index (κ3) is 1.21. The molecule has 0 N–H and O–H groups in total. The van der Waals surface area contributed by atoms with E-state index in [1.54, 1.807) is 0 Å². The number of benzene rings is 1. The van der Waals surface area contributed by atoms with Gasteiger partial charge in [-0.15, -0.1) is 4.57 Å². The van der Waals surface area contributed by atoms with Crippen molar-refractivity contribution in [2.45, 2.75) is 20.3 Å². The molecule has 0 amide bonds. The third-order valence-electron chi connectivity index (χ3n) is 2.90. The van der Waals surface area contributed by atoms with Crippen molar-refractivity contribution in [3.05, 3.63) is 36.0 Å². The topological polar surface area (TPSA) is 22.3 Å². The predicted octanol–water partition coefficient (Wildman–Crippen LogP) is 2.32. The number of aromatic nitrogens is 1. The highest BCUT2D eigenvalue weighted by atomic mass is 16.7. The Kier molecular flexibility index (Phi) is 2.07. The fourth-order valence-electron chi connectivity index (χ4n) is 2.18. The van der Waals surface area contributed by atoms with Crippen molar-refractivity contribution in [3.63, 3.8) is 0 Å². The van der Waals surface area contributed by atoms with E-state index in [1.165, 1.54) is 5.39 Å². The molecule has 3 nitrogen and oxygen atoms in total. The Hall–Kier alpha value is -1.61. The zero-order valence-corrected chi connectivity index (χ0v) is 9.43. The second-order valence-electron chi connectivity index (χ2n) is 3.92. The van der Waals surface area contributed by atoms with Gasteiger partial charge in [0.25, 0.3) is 5.52 Å². The lowest BCUT2D eigenvalue weighted by molar-refractivity contribution is -0.768. The molecule has 1 unspecified atom stereocenters. The molecule has 0 saturated carbocycles. The second-order valence-corrected chi connectivity index (χ2v) is 3.92. The second kappa shape index (κ2) is 3.46. The molecule has 0 aliphatic carbocycles. The maximum Gasteiger partial charge on any atom is 0.425 e. The van der Waals surface area contributed by atoms with Gasteiger partial charge in [-0.2, -0.15) is 0 Å². The highest BCUT2D eigenvalue weighted by Gasteiger charge is 2.35. The molecule has 0 fully saturated rings. The molecule has 0 bridgehead atoms. The normalized spacial score (nSPS) is 17.8. The van der Waals surface area contributed by atoms with Crippen molar-refractivity contribution < 1.29 is 14.0 Å². The van der Waals surface area contributed by atoms with E-state index >= 15 is 0 Å². The average molecular weight is 216 g/mol. The summed E-state index contributed by atoms with van der Waals surface area (Å²) >= 11 is 0. The first-order chi connectivity index (χ1) is 7.81. The van der Waals surface area contributed by atoms with Crippen LogP contribution in [0.3, 0.4) is 0 Å². The van der Waals surface area contributed by atoms with Gasteiger partial charge in [0.05, 0.1) is 12.0 Å². The van der Waals surface area contributed by atoms with Crippen molar-refractivity contribution in [1.82, 2.24) is 0 Å². The molecule has 82 valence electrons. The van der Waals surface area contributed by atoms with Gasteiger partial charge in [-0.3, -0.25) is 4.74 Å². The zero-order chi connectivity index (χ0) is 11.1. The Morgan fingerprint density at radius 1 is 1.31 bits per heavy atom. The van der Waals surface area contributed by atoms with E-state index in [1.807, 2.05) is 19.1 Å². The smallest absolute Gasteiger partial charge is 0.404 e. The maximum absolute atomic E-state index is 5.78. The molecule has 2 aromatic rings. The molecular weight excluding hydrogens is 202 g/mol. The minimum Gasteiger partial charge on any atom is -0.404 e. The Bertz CT molecular complexity index is 551. The molecule has 16 heavy (non-hydrogen) atoms. The molecule has 3 heteroatoms. The summed E-state index contributed by atoms with van der Waals surface area (Å²) in [5.74, 6) is 0.902. The number of hydrogen-bond donors (Lipinski definition) is 0. The number of para-hydroxylation sites is 1. The van der Waals surface area contributed by atoms with Gasteiger partial charge in [0.15, 0.2) is 5.69 Å². The molecule has 2 heterocycles. The van der Waals surface area contributed by atoms with Gasteiger partial charge in [-0.25, -0.2) is 0 Å². The molecule has 1 aliphatic rings. The van der Waals surface area contributed by atoms with E-state index in [0.717, 1.165) is 17.0 Å². The Labute approximate surface area is 94.2 Å². The van der Waals surface area contributed by atoms with Crippen LogP contribution in [0.25, 0.3) is 10.9 Å². The van der Waals surface area contributed by atoms with Crippen LogP contribution in [-0.2, 0) is 4.74 Å². The number of rotatable bonds is 2. The molecule has 1 atom stereocenters. The van der Waals surface area contributed by atoms with E-state index < -0.39 is 0 Å². The Morgan fingerprint density at radius 2 is 2.19 bits per heavy atom. The zero-order valence-electron chi connectivity index (χ0n) is 9.43. The number of aryl methyl sites for hydroxylation is 1. The van der Waals surface area contributed by atoms with Gasteiger partial charge < -0.3 is 4.74 Å². The molecular formula is C13H14NO2+. The summed E-state index contributed by atoms with van der Waals surface area (Å²) in [6.07, 6.45) is -0.314. The quantitative estimate of drug-likeness (QED) is 0.719. The number of pyridine rings is 1. The highest BCUT2D eigenvalue weighted by Crippen LogP contribution is 2.31. The first-order valence-corrected chi connectivity index (χ1v) is 5.53. The lowest BCUT2D eigenvalue weighted by Gasteiger charge is -2.06. The summed E-state index contributed by atoms with van der Waals surface area (Å²) in [6, 6.07) is 10.3. The van der Waals surface area contributed by atoms with Gasteiger partial charge in [-0.1, -0.05) is 6.07 Å². The van der Waals surface area contributed by atoms with Gasteiger partial charge in [0, 0.05) is 13.0 Å². The predicted molar refractivity (Wildman–Crippen MR) is 60.2 cm³/mol. The SMILES string of the molecule is CCOC1Oc2cccc3ccc(C)[n+]1c23. The van der Waals surface area contributed by atoms with E-state index in [0.29, 0.717) is 6.61 Å². The lowest BCUT2D eigenvalue weighted by Crippen LogP contribution is -2.43. The fraction of sp³-hybridized carbons (Fsp3) is 0.308. The minimum absolute atomic E-state index is 0.314. The van der Waals surface area contributed by atoms with Crippen molar-refractivity contribution >= 4 is 10.9 Å². The van der Waals surface area contributed by atoms with E-state index in [9.17, 15) is 0 Å². The van der Waals surface area contributed by atoms with Crippen LogP contribution < -0.4 is 9.30 Å². The average Bonchev–Trinajstić information content (AvgIpc) is 2.65. The van der Waals surface area contributed by atoms with Crippen LogP contribution in [0, 0.1) is 6.92 Å². The summed E-state index contributed by atoms with van der Waals surface area (Å²) in [5.41, 5.74) is 2.27. The molecule has 0 radical (unpaired) electrons. The van der Waals surface area contributed by atoms with Crippen molar-refractivity contribution in [3.8, 4) is 5.75 Å². The fourth-order valence-corrected chi connectivity index (χ4v) is 2.18. The van der Waals surface area contributed by atoms with Crippen LogP contribution in [0.5, 0.6) is 5.75 Å². The molecule has 1 aromatic carbocycles. The Balaban J connectivity index is 2.28. The summed E-state index contributed by atoms with van der Waals surface area (Å²) in [5, 5.41) is 1.19. The first-order valence-electron chi connectivity index (χ1n) is 5.53. The van der Waals surface area contributed by atoms with E-state index in [-0.39, 0.29) is 6.41 Å². The van der Waals surface area contributed by atoms with Crippen LogP contribution in [-0.4, -0.2) is 6.61 Å². The maximum atomic E-state index is 5.78. The summed E-state index contributed by atoms with van der Waals surface area (Å²) in [7, 11) is 0. The van der Waals surface area contributed by atoms with Crippen molar-refractivity contribution in [2.24, 2.45) is 0 Å². The van der Waals surface area contributed by atoms with Crippen LogP contribution >= 0.6 is 0 Å². The largest absolute Gasteiger partial charge is 0.425 e. The number of nitrogens with zero attached hydrogens (tertiary/aromatic N) is 1. The first kappa shape index (κ1) is 9.60. The lowest BCUT2D eigenvalue weighted by atomic mass is 10.2. The monoisotopic (exact) mass is 216 g/mol. The molecule has 1 aliphatic heterocycles. The summed E-state index contributed by atoms with van der Waals surface area (Å²) < 4.78 is 13.5. The number of hydrogen-bond acceptors (Lipinski definition) is 2. The number of ether oxygens (including phenoxy) is 2. The Morgan fingerprint density at radius 3 is 3.00 bits per heavy atom. The van der Waals surface area contributed by atoms with Crippen LogP contribution in [0.4, 0.5) is 0 Å². The van der Waals surface area contributed by atoms with Crippen molar-refractivity contribution in [1.29, 1.82) is 0 Å². The molecule has 3 rings (SSSR count). The van der Waals surface area contributed by atoms with Crippen LogP contribution in [0.1, 0.15) is 19.0 Å². The minimum atomic E-state index is -0.314. The summed E-state index contributed by atoms with van der Waals surface area (Å²) in [6.45, 7) is 4.68. The van der Waals surface area contributed by atoms with E-state index in [2.05, 4.69) is 29.7 Å². The highest BCUT2D eigenvalue weighted by molar-refractivity contribution is 5.82.